The summed E-state index contributed by atoms with van der Waals surface area (Å²) in [5.41, 5.74) is 6.53. The Morgan fingerprint density at radius 3 is 2.61 bits per heavy atom. The first kappa shape index (κ1) is 14.7. The summed E-state index contributed by atoms with van der Waals surface area (Å²) in [5.74, 6) is 2.88. The number of hydrogen-bond donors (Lipinski definition) is 1. The highest BCUT2D eigenvalue weighted by Gasteiger charge is 2.46. The fourth-order valence-corrected chi connectivity index (χ4v) is 5.09. The highest BCUT2D eigenvalue weighted by Crippen LogP contribution is 2.43. The molecule has 0 amide bonds. The second kappa shape index (κ2) is 5.34. The smallest absolute Gasteiger partial charge is 0.0358 e. The Balaban J connectivity index is 2.16. The molecular formula is C15H30N2S. The maximum Gasteiger partial charge on any atom is 0.0358 e. The molecule has 106 valence electrons. The quantitative estimate of drug-likeness (QED) is 0.836. The summed E-state index contributed by atoms with van der Waals surface area (Å²) >= 11 is 2.12. The van der Waals surface area contributed by atoms with E-state index in [2.05, 4.69) is 44.4 Å². The average molecular weight is 270 g/mol. The zero-order valence-electron chi connectivity index (χ0n) is 12.5. The molecular weight excluding hydrogens is 240 g/mol. The van der Waals surface area contributed by atoms with Crippen LogP contribution in [0.5, 0.6) is 0 Å². The first-order valence-corrected chi connectivity index (χ1v) is 8.47. The van der Waals surface area contributed by atoms with E-state index in [1.54, 1.807) is 0 Å². The maximum absolute atomic E-state index is 6.25. The second-order valence-electron chi connectivity index (χ2n) is 7.12. The van der Waals surface area contributed by atoms with Crippen molar-refractivity contribution in [3.05, 3.63) is 0 Å². The molecule has 2 nitrogen and oxygen atoms in total. The summed E-state index contributed by atoms with van der Waals surface area (Å²) in [5, 5.41) is 0. The average Bonchev–Trinajstić information content (AvgIpc) is 2.28. The zero-order chi connectivity index (χ0) is 13.4. The summed E-state index contributed by atoms with van der Waals surface area (Å²) in [6.45, 7) is 12.8. The van der Waals surface area contributed by atoms with Crippen LogP contribution in [0.25, 0.3) is 0 Å². The van der Waals surface area contributed by atoms with Crippen LogP contribution in [0.2, 0.25) is 0 Å². The van der Waals surface area contributed by atoms with Gasteiger partial charge in [-0.15, -0.1) is 0 Å². The molecule has 3 atom stereocenters. The second-order valence-corrected chi connectivity index (χ2v) is 8.92. The molecule has 0 aromatic carbocycles. The van der Waals surface area contributed by atoms with Gasteiger partial charge in [-0.3, -0.25) is 4.90 Å². The van der Waals surface area contributed by atoms with Crippen LogP contribution in [0, 0.1) is 11.8 Å². The summed E-state index contributed by atoms with van der Waals surface area (Å²) in [6, 6.07) is 0. The Morgan fingerprint density at radius 1 is 1.33 bits per heavy atom. The Morgan fingerprint density at radius 2 is 2.06 bits per heavy atom. The van der Waals surface area contributed by atoms with E-state index in [4.69, 9.17) is 5.73 Å². The lowest BCUT2D eigenvalue weighted by atomic mass is 9.68. The Labute approximate surface area is 117 Å². The highest BCUT2D eigenvalue weighted by molar-refractivity contribution is 8.00. The fraction of sp³-hybridized carbons (Fsp3) is 1.00. The van der Waals surface area contributed by atoms with Crippen molar-refractivity contribution in [2.75, 3.05) is 25.4 Å². The minimum atomic E-state index is 0.282. The third-order valence-corrected chi connectivity index (χ3v) is 6.45. The van der Waals surface area contributed by atoms with Gasteiger partial charge in [-0.05, 0) is 44.9 Å². The molecule has 1 heterocycles. The number of thioether (sulfide) groups is 1. The van der Waals surface area contributed by atoms with Crippen molar-refractivity contribution in [2.24, 2.45) is 17.6 Å². The maximum atomic E-state index is 6.25. The number of rotatable bonds is 2. The van der Waals surface area contributed by atoms with Crippen LogP contribution in [-0.4, -0.2) is 40.6 Å². The molecule has 2 rings (SSSR count). The minimum absolute atomic E-state index is 0.282. The Hall–Kier alpha value is 0.270. The van der Waals surface area contributed by atoms with Crippen molar-refractivity contribution >= 4 is 11.8 Å². The molecule has 3 heteroatoms. The van der Waals surface area contributed by atoms with Crippen molar-refractivity contribution < 1.29 is 0 Å². The van der Waals surface area contributed by atoms with Crippen LogP contribution >= 0.6 is 11.8 Å². The van der Waals surface area contributed by atoms with Gasteiger partial charge in [-0.2, -0.15) is 11.8 Å². The van der Waals surface area contributed by atoms with Crippen molar-refractivity contribution in [1.29, 1.82) is 0 Å². The summed E-state index contributed by atoms with van der Waals surface area (Å²) < 4.78 is 0.392. The first-order valence-electron chi connectivity index (χ1n) is 7.49. The van der Waals surface area contributed by atoms with Crippen LogP contribution < -0.4 is 5.73 Å². The van der Waals surface area contributed by atoms with Crippen LogP contribution in [0.15, 0.2) is 0 Å². The van der Waals surface area contributed by atoms with Gasteiger partial charge < -0.3 is 5.73 Å². The van der Waals surface area contributed by atoms with Crippen molar-refractivity contribution in [2.45, 2.75) is 57.2 Å². The number of nitrogens with zero attached hydrogens (tertiary/aromatic N) is 1. The van der Waals surface area contributed by atoms with E-state index in [0.717, 1.165) is 18.4 Å². The molecule has 2 fully saturated rings. The van der Waals surface area contributed by atoms with Crippen LogP contribution in [0.1, 0.15) is 47.0 Å². The van der Waals surface area contributed by atoms with E-state index in [-0.39, 0.29) is 5.54 Å². The lowest BCUT2D eigenvalue weighted by Gasteiger charge is -2.55. The fourth-order valence-electron chi connectivity index (χ4n) is 3.98. The SMILES string of the molecule is CC1CCC(CN)(N2CCSC(C)(C)C2)C(C)C1. The van der Waals surface area contributed by atoms with Gasteiger partial charge in [0.25, 0.3) is 0 Å². The molecule has 1 saturated carbocycles. The largest absolute Gasteiger partial charge is 0.329 e. The monoisotopic (exact) mass is 270 g/mol. The van der Waals surface area contributed by atoms with Crippen molar-refractivity contribution in [3.8, 4) is 0 Å². The van der Waals surface area contributed by atoms with Gasteiger partial charge in [0.1, 0.15) is 0 Å². The Kier molecular flexibility index (Phi) is 4.35. The predicted octanol–water partition coefficient (Wildman–Crippen LogP) is 2.97. The lowest BCUT2D eigenvalue weighted by molar-refractivity contribution is -0.00295. The molecule has 1 aliphatic carbocycles. The van der Waals surface area contributed by atoms with Gasteiger partial charge >= 0.3 is 0 Å². The van der Waals surface area contributed by atoms with Crippen molar-refractivity contribution in [3.63, 3.8) is 0 Å². The van der Waals surface area contributed by atoms with E-state index in [1.165, 1.54) is 38.1 Å². The third-order valence-electron chi connectivity index (χ3n) is 5.15. The molecule has 1 saturated heterocycles. The number of nitrogens with two attached hydrogens (primary N) is 1. The summed E-state index contributed by atoms with van der Waals surface area (Å²) in [4.78, 5) is 2.74. The van der Waals surface area contributed by atoms with Gasteiger partial charge in [-0.25, -0.2) is 0 Å². The zero-order valence-corrected chi connectivity index (χ0v) is 13.4. The van der Waals surface area contributed by atoms with Gasteiger partial charge in [0.05, 0.1) is 0 Å². The topological polar surface area (TPSA) is 29.3 Å². The molecule has 18 heavy (non-hydrogen) atoms. The number of hydrogen-bond acceptors (Lipinski definition) is 3. The molecule has 0 aromatic rings. The van der Waals surface area contributed by atoms with E-state index >= 15 is 0 Å². The van der Waals surface area contributed by atoms with E-state index in [9.17, 15) is 0 Å². The summed E-state index contributed by atoms with van der Waals surface area (Å²) in [7, 11) is 0. The van der Waals surface area contributed by atoms with Crippen molar-refractivity contribution in [1.82, 2.24) is 4.90 Å². The van der Waals surface area contributed by atoms with Crippen LogP contribution in [-0.2, 0) is 0 Å². The predicted molar refractivity (Wildman–Crippen MR) is 82.1 cm³/mol. The van der Waals surface area contributed by atoms with E-state index in [0.29, 0.717) is 4.75 Å². The Bertz CT molecular complexity index is 292. The summed E-state index contributed by atoms with van der Waals surface area (Å²) in [6.07, 6.45) is 4.00. The molecule has 3 unspecified atom stereocenters. The molecule has 1 aliphatic heterocycles. The normalized spacial score (nSPS) is 41.8. The standard InChI is InChI=1S/C15H30N2S/c1-12-5-6-15(10-16,13(2)9-12)17-7-8-18-14(3,4)11-17/h12-13H,5-11,16H2,1-4H3. The van der Waals surface area contributed by atoms with Gasteiger partial charge in [-0.1, -0.05) is 13.8 Å². The van der Waals surface area contributed by atoms with Crippen LogP contribution in [0.4, 0.5) is 0 Å². The molecule has 2 aliphatic rings. The molecule has 0 bridgehead atoms. The van der Waals surface area contributed by atoms with Crippen LogP contribution in [0.3, 0.4) is 0 Å². The highest BCUT2D eigenvalue weighted by atomic mass is 32.2. The molecule has 0 radical (unpaired) electrons. The van der Waals surface area contributed by atoms with Gasteiger partial charge in [0, 0.05) is 35.7 Å². The van der Waals surface area contributed by atoms with E-state index in [1.807, 2.05) is 0 Å². The lowest BCUT2D eigenvalue weighted by Crippen LogP contribution is -2.64. The third kappa shape index (κ3) is 2.73. The molecule has 2 N–H and O–H groups in total. The van der Waals surface area contributed by atoms with Gasteiger partial charge in [0.2, 0.25) is 0 Å². The van der Waals surface area contributed by atoms with Gasteiger partial charge in [0.15, 0.2) is 0 Å². The molecule has 0 spiro atoms. The first-order chi connectivity index (χ1) is 8.39. The minimum Gasteiger partial charge on any atom is -0.329 e. The van der Waals surface area contributed by atoms with E-state index < -0.39 is 0 Å². The molecule has 0 aromatic heterocycles.